The summed E-state index contributed by atoms with van der Waals surface area (Å²) in [5.74, 6) is 1.21. The number of allylic oxidation sites excluding steroid dienone is 3. The first-order valence-corrected chi connectivity index (χ1v) is 4.89. The van der Waals surface area contributed by atoms with Gasteiger partial charge in [0.15, 0.2) is 0 Å². The quantitative estimate of drug-likeness (QED) is 0.675. The first-order chi connectivity index (χ1) is 6.81. The Morgan fingerprint density at radius 1 is 1.57 bits per heavy atom. The van der Waals surface area contributed by atoms with Gasteiger partial charge in [-0.2, -0.15) is 0 Å². The Morgan fingerprint density at radius 3 is 2.79 bits per heavy atom. The standard InChI is InChI=1S/C11H17NO2/c1-14-11-4-2-9(3-5-11)10(8-12)6-7-13/h2,4,7,10H,3,5-6,8,12H2,1H3. The first kappa shape index (κ1) is 11.0. The van der Waals surface area contributed by atoms with E-state index >= 15 is 0 Å². The molecule has 0 aromatic rings. The SMILES string of the molecule is COC1=CC=C(C(CN)CC=O)CC1. The highest BCUT2D eigenvalue weighted by molar-refractivity contribution is 5.51. The van der Waals surface area contributed by atoms with Crippen LogP contribution >= 0.6 is 0 Å². The minimum absolute atomic E-state index is 0.210. The Balaban J connectivity index is 2.64. The molecule has 1 rings (SSSR count). The average Bonchev–Trinajstić information content (AvgIpc) is 2.26. The van der Waals surface area contributed by atoms with E-state index in [0.29, 0.717) is 13.0 Å². The lowest BCUT2D eigenvalue weighted by Gasteiger charge is -2.19. The van der Waals surface area contributed by atoms with Gasteiger partial charge in [-0.15, -0.1) is 0 Å². The van der Waals surface area contributed by atoms with Gasteiger partial charge in [-0.25, -0.2) is 0 Å². The predicted octanol–water partition coefficient (Wildman–Crippen LogP) is 1.40. The summed E-state index contributed by atoms with van der Waals surface area (Å²) in [6, 6.07) is 0. The van der Waals surface area contributed by atoms with Crippen molar-refractivity contribution in [3.8, 4) is 0 Å². The Kier molecular flexibility index (Phi) is 4.40. The van der Waals surface area contributed by atoms with Crippen LogP contribution in [-0.2, 0) is 9.53 Å². The third kappa shape index (κ3) is 2.70. The second kappa shape index (κ2) is 5.60. The molecule has 0 amide bonds. The van der Waals surface area contributed by atoms with E-state index in [0.717, 1.165) is 24.9 Å². The molecule has 14 heavy (non-hydrogen) atoms. The lowest BCUT2D eigenvalue weighted by molar-refractivity contribution is -0.108. The number of methoxy groups -OCH3 is 1. The van der Waals surface area contributed by atoms with Crippen molar-refractivity contribution in [3.63, 3.8) is 0 Å². The van der Waals surface area contributed by atoms with Gasteiger partial charge in [0.05, 0.1) is 12.9 Å². The second-order valence-corrected chi connectivity index (χ2v) is 3.41. The molecule has 0 bridgehead atoms. The van der Waals surface area contributed by atoms with Crippen LogP contribution in [0.4, 0.5) is 0 Å². The molecule has 1 unspecified atom stereocenters. The first-order valence-electron chi connectivity index (χ1n) is 4.89. The van der Waals surface area contributed by atoms with E-state index in [2.05, 4.69) is 0 Å². The predicted molar refractivity (Wildman–Crippen MR) is 55.6 cm³/mol. The lowest BCUT2D eigenvalue weighted by atomic mass is 9.89. The van der Waals surface area contributed by atoms with Gasteiger partial charge in [0, 0.05) is 12.8 Å². The van der Waals surface area contributed by atoms with E-state index in [1.807, 2.05) is 12.2 Å². The lowest BCUT2D eigenvalue weighted by Crippen LogP contribution is -2.18. The molecule has 2 N–H and O–H groups in total. The molecule has 1 aliphatic rings. The third-order valence-electron chi connectivity index (χ3n) is 2.60. The minimum atomic E-state index is 0.210. The van der Waals surface area contributed by atoms with Gasteiger partial charge in [-0.1, -0.05) is 11.6 Å². The Morgan fingerprint density at radius 2 is 2.36 bits per heavy atom. The molecular weight excluding hydrogens is 178 g/mol. The molecule has 0 spiro atoms. The van der Waals surface area contributed by atoms with Crippen LogP contribution in [0.15, 0.2) is 23.5 Å². The number of hydrogen-bond donors (Lipinski definition) is 1. The second-order valence-electron chi connectivity index (χ2n) is 3.41. The normalized spacial score (nSPS) is 18.1. The van der Waals surface area contributed by atoms with Crippen molar-refractivity contribution in [2.45, 2.75) is 19.3 Å². The van der Waals surface area contributed by atoms with Crippen LogP contribution in [0, 0.1) is 5.92 Å². The highest BCUT2D eigenvalue weighted by Gasteiger charge is 2.15. The Labute approximate surface area is 84.6 Å². The molecule has 0 saturated carbocycles. The van der Waals surface area contributed by atoms with E-state index < -0.39 is 0 Å². The van der Waals surface area contributed by atoms with Crippen LogP contribution < -0.4 is 5.73 Å². The molecule has 0 fully saturated rings. The van der Waals surface area contributed by atoms with Crippen molar-refractivity contribution in [2.24, 2.45) is 11.7 Å². The topological polar surface area (TPSA) is 52.3 Å². The zero-order valence-corrected chi connectivity index (χ0v) is 8.53. The number of nitrogens with two attached hydrogens (primary N) is 1. The fourth-order valence-electron chi connectivity index (χ4n) is 1.66. The third-order valence-corrected chi connectivity index (χ3v) is 2.60. The summed E-state index contributed by atoms with van der Waals surface area (Å²) in [7, 11) is 1.68. The minimum Gasteiger partial charge on any atom is -0.501 e. The number of rotatable bonds is 5. The van der Waals surface area contributed by atoms with Gasteiger partial charge in [0.2, 0.25) is 0 Å². The molecule has 1 aliphatic carbocycles. The van der Waals surface area contributed by atoms with Crippen molar-refractivity contribution in [3.05, 3.63) is 23.5 Å². The Bertz CT molecular complexity index is 256. The molecule has 3 nitrogen and oxygen atoms in total. The van der Waals surface area contributed by atoms with Crippen LogP contribution in [0.3, 0.4) is 0 Å². The zero-order chi connectivity index (χ0) is 10.4. The molecule has 0 heterocycles. The largest absolute Gasteiger partial charge is 0.501 e. The summed E-state index contributed by atoms with van der Waals surface area (Å²) in [4.78, 5) is 10.4. The molecule has 78 valence electrons. The maximum absolute atomic E-state index is 10.4. The molecule has 0 saturated heterocycles. The van der Waals surface area contributed by atoms with Gasteiger partial charge in [0.1, 0.15) is 6.29 Å². The fraction of sp³-hybridized carbons (Fsp3) is 0.545. The molecule has 0 radical (unpaired) electrons. The maximum atomic E-state index is 10.4. The summed E-state index contributed by atoms with van der Waals surface area (Å²) in [5.41, 5.74) is 6.87. The maximum Gasteiger partial charge on any atom is 0.120 e. The molecule has 0 aliphatic heterocycles. The van der Waals surface area contributed by atoms with Gasteiger partial charge in [0.25, 0.3) is 0 Å². The van der Waals surface area contributed by atoms with E-state index in [1.54, 1.807) is 7.11 Å². The molecule has 1 atom stereocenters. The van der Waals surface area contributed by atoms with Crippen LogP contribution in [0.25, 0.3) is 0 Å². The number of carbonyl (C=O) groups is 1. The highest BCUT2D eigenvalue weighted by atomic mass is 16.5. The van der Waals surface area contributed by atoms with Crippen LogP contribution in [0.2, 0.25) is 0 Å². The number of hydrogen-bond acceptors (Lipinski definition) is 3. The van der Waals surface area contributed by atoms with Crippen molar-refractivity contribution in [1.29, 1.82) is 0 Å². The monoisotopic (exact) mass is 195 g/mol. The molecular formula is C11H17NO2. The highest BCUT2D eigenvalue weighted by Crippen LogP contribution is 2.25. The van der Waals surface area contributed by atoms with Crippen LogP contribution in [0.1, 0.15) is 19.3 Å². The summed E-state index contributed by atoms with van der Waals surface area (Å²) in [6.07, 6.45) is 7.33. The summed E-state index contributed by atoms with van der Waals surface area (Å²) in [6.45, 7) is 0.542. The smallest absolute Gasteiger partial charge is 0.120 e. The summed E-state index contributed by atoms with van der Waals surface area (Å²) >= 11 is 0. The zero-order valence-electron chi connectivity index (χ0n) is 8.53. The van der Waals surface area contributed by atoms with Gasteiger partial charge in [-0.05, 0) is 25.0 Å². The summed E-state index contributed by atoms with van der Waals surface area (Å²) < 4.78 is 5.13. The van der Waals surface area contributed by atoms with Crippen molar-refractivity contribution in [2.75, 3.05) is 13.7 Å². The van der Waals surface area contributed by atoms with E-state index in [-0.39, 0.29) is 5.92 Å². The number of carbonyl (C=O) groups excluding carboxylic acids is 1. The molecule has 3 heteroatoms. The fourth-order valence-corrected chi connectivity index (χ4v) is 1.66. The van der Waals surface area contributed by atoms with Crippen molar-refractivity contribution < 1.29 is 9.53 Å². The van der Waals surface area contributed by atoms with Crippen LogP contribution in [0.5, 0.6) is 0 Å². The van der Waals surface area contributed by atoms with E-state index in [9.17, 15) is 4.79 Å². The van der Waals surface area contributed by atoms with Gasteiger partial charge >= 0.3 is 0 Å². The van der Waals surface area contributed by atoms with E-state index in [4.69, 9.17) is 10.5 Å². The Hall–Kier alpha value is -1.09. The summed E-state index contributed by atoms with van der Waals surface area (Å²) in [5, 5.41) is 0. The number of aldehydes is 1. The van der Waals surface area contributed by atoms with Gasteiger partial charge < -0.3 is 15.3 Å². The average molecular weight is 195 g/mol. The van der Waals surface area contributed by atoms with E-state index in [1.165, 1.54) is 5.57 Å². The van der Waals surface area contributed by atoms with Gasteiger partial charge in [-0.3, -0.25) is 0 Å². The van der Waals surface area contributed by atoms with Crippen molar-refractivity contribution in [1.82, 2.24) is 0 Å². The van der Waals surface area contributed by atoms with Crippen LogP contribution in [-0.4, -0.2) is 19.9 Å². The van der Waals surface area contributed by atoms with Crippen molar-refractivity contribution >= 4 is 6.29 Å². The number of ether oxygens (including phenoxy) is 1. The molecule has 0 aromatic carbocycles. The molecule has 0 aromatic heterocycles.